The van der Waals surface area contributed by atoms with E-state index in [4.69, 9.17) is 0 Å². The summed E-state index contributed by atoms with van der Waals surface area (Å²) in [7, 11) is 0. The van der Waals surface area contributed by atoms with Crippen molar-refractivity contribution >= 4 is 11.6 Å². The van der Waals surface area contributed by atoms with Crippen molar-refractivity contribution in [2.75, 3.05) is 11.4 Å². The summed E-state index contributed by atoms with van der Waals surface area (Å²) in [5.41, 5.74) is 2.94. The Hall–Kier alpha value is -2.16. The van der Waals surface area contributed by atoms with Gasteiger partial charge in [-0.25, -0.2) is 0 Å². The minimum Gasteiger partial charge on any atom is -0.308 e. The fourth-order valence-electron chi connectivity index (χ4n) is 2.60. The van der Waals surface area contributed by atoms with Gasteiger partial charge in [0.1, 0.15) is 0 Å². The van der Waals surface area contributed by atoms with Gasteiger partial charge in [-0.2, -0.15) is 0 Å². The van der Waals surface area contributed by atoms with Crippen molar-refractivity contribution in [1.82, 2.24) is 4.98 Å². The first-order valence-electron chi connectivity index (χ1n) is 6.58. The van der Waals surface area contributed by atoms with Crippen LogP contribution in [0.4, 0.5) is 5.69 Å². The van der Waals surface area contributed by atoms with Crippen molar-refractivity contribution < 1.29 is 4.79 Å². The highest BCUT2D eigenvalue weighted by Gasteiger charge is 2.26. The van der Waals surface area contributed by atoms with Crippen LogP contribution in [0.3, 0.4) is 0 Å². The summed E-state index contributed by atoms with van der Waals surface area (Å²) in [4.78, 5) is 18.4. The van der Waals surface area contributed by atoms with Gasteiger partial charge in [-0.1, -0.05) is 25.1 Å². The van der Waals surface area contributed by atoms with Crippen LogP contribution in [0.5, 0.6) is 0 Å². The molecule has 3 heteroatoms. The third-order valence-corrected chi connectivity index (χ3v) is 3.70. The van der Waals surface area contributed by atoms with E-state index in [1.165, 1.54) is 5.56 Å². The molecule has 3 rings (SSSR count). The summed E-state index contributed by atoms with van der Waals surface area (Å²) >= 11 is 0. The molecule has 1 aliphatic rings. The maximum Gasteiger partial charge on any atom is 0.259 e. The molecule has 19 heavy (non-hydrogen) atoms. The number of benzene rings is 1. The molecule has 2 heterocycles. The lowest BCUT2D eigenvalue weighted by Gasteiger charge is -2.32. The summed E-state index contributed by atoms with van der Waals surface area (Å²) in [6.45, 7) is 2.98. The first-order chi connectivity index (χ1) is 9.27. The number of carbonyl (C=O) groups excluding carboxylic acids is 1. The zero-order chi connectivity index (χ0) is 13.2. The van der Waals surface area contributed by atoms with Gasteiger partial charge in [0, 0.05) is 24.6 Å². The molecule has 1 aromatic heterocycles. The number of amides is 1. The molecule has 0 bridgehead atoms. The van der Waals surface area contributed by atoms with Crippen LogP contribution < -0.4 is 4.90 Å². The number of fused-ring (bicyclic) bond motifs is 1. The van der Waals surface area contributed by atoms with Crippen molar-refractivity contribution in [1.29, 1.82) is 0 Å². The highest BCUT2D eigenvalue weighted by atomic mass is 16.2. The largest absolute Gasteiger partial charge is 0.308 e. The average Bonchev–Trinajstić information content (AvgIpc) is 2.48. The summed E-state index contributed by atoms with van der Waals surface area (Å²) < 4.78 is 0. The zero-order valence-corrected chi connectivity index (χ0v) is 10.9. The number of anilines is 1. The van der Waals surface area contributed by atoms with Gasteiger partial charge in [0.2, 0.25) is 0 Å². The van der Waals surface area contributed by atoms with E-state index >= 15 is 0 Å². The maximum atomic E-state index is 12.6. The smallest absolute Gasteiger partial charge is 0.259 e. The molecular formula is C16H16N2O. The molecule has 0 aliphatic carbocycles. The minimum atomic E-state index is 0.0347. The molecule has 1 aromatic carbocycles. The summed E-state index contributed by atoms with van der Waals surface area (Å²) in [5, 5.41) is 0. The number of nitrogens with zero attached hydrogens (tertiary/aromatic N) is 2. The van der Waals surface area contributed by atoms with Crippen LogP contribution in [-0.4, -0.2) is 17.4 Å². The molecule has 2 aromatic rings. The van der Waals surface area contributed by atoms with Crippen LogP contribution in [0, 0.1) is 0 Å². The lowest BCUT2D eigenvalue weighted by molar-refractivity contribution is 0.0984. The molecule has 1 unspecified atom stereocenters. The summed E-state index contributed by atoms with van der Waals surface area (Å²) in [6.07, 6.45) is 4.31. The predicted octanol–water partition coefficient (Wildman–Crippen LogP) is 3.24. The van der Waals surface area contributed by atoms with Gasteiger partial charge in [-0.3, -0.25) is 9.78 Å². The van der Waals surface area contributed by atoms with Gasteiger partial charge in [-0.15, -0.1) is 0 Å². The highest BCUT2D eigenvalue weighted by molar-refractivity contribution is 6.06. The topological polar surface area (TPSA) is 33.2 Å². The number of para-hydroxylation sites is 1. The Morgan fingerprint density at radius 2 is 2.11 bits per heavy atom. The van der Waals surface area contributed by atoms with Gasteiger partial charge in [0.05, 0.1) is 5.56 Å². The first-order valence-corrected chi connectivity index (χ1v) is 6.58. The highest BCUT2D eigenvalue weighted by Crippen LogP contribution is 2.35. The van der Waals surface area contributed by atoms with Crippen molar-refractivity contribution in [2.45, 2.75) is 19.3 Å². The van der Waals surface area contributed by atoms with Gasteiger partial charge >= 0.3 is 0 Å². The average molecular weight is 252 g/mol. The van der Waals surface area contributed by atoms with Crippen molar-refractivity contribution in [2.24, 2.45) is 0 Å². The predicted molar refractivity (Wildman–Crippen MR) is 75.4 cm³/mol. The van der Waals surface area contributed by atoms with Gasteiger partial charge in [-0.05, 0) is 36.1 Å². The normalized spacial score (nSPS) is 17.9. The van der Waals surface area contributed by atoms with E-state index in [0.29, 0.717) is 11.5 Å². The Kier molecular flexibility index (Phi) is 3.03. The zero-order valence-electron chi connectivity index (χ0n) is 10.9. The molecule has 96 valence electrons. The second-order valence-corrected chi connectivity index (χ2v) is 4.95. The molecule has 0 spiro atoms. The van der Waals surface area contributed by atoms with Crippen LogP contribution in [0.15, 0.2) is 48.8 Å². The van der Waals surface area contributed by atoms with E-state index in [-0.39, 0.29) is 5.91 Å². The fraction of sp³-hybridized carbons (Fsp3) is 0.250. The number of hydrogen-bond donors (Lipinski definition) is 0. The fourth-order valence-corrected chi connectivity index (χ4v) is 2.60. The maximum absolute atomic E-state index is 12.6. The Morgan fingerprint density at radius 1 is 1.26 bits per heavy atom. The third-order valence-electron chi connectivity index (χ3n) is 3.70. The van der Waals surface area contributed by atoms with E-state index in [1.807, 2.05) is 29.2 Å². The van der Waals surface area contributed by atoms with E-state index in [0.717, 1.165) is 18.7 Å². The van der Waals surface area contributed by atoms with Crippen LogP contribution in [0.1, 0.15) is 35.2 Å². The standard InChI is InChI=1S/C16H16N2O/c1-12-8-10-18(15-7-3-2-6-14(12)15)16(19)13-5-4-9-17-11-13/h2-7,9,11-12H,8,10H2,1H3. The minimum absolute atomic E-state index is 0.0347. The molecule has 1 aliphatic heterocycles. The van der Waals surface area contributed by atoms with E-state index in [9.17, 15) is 4.79 Å². The molecule has 0 saturated heterocycles. The monoisotopic (exact) mass is 252 g/mol. The Bertz CT molecular complexity index is 595. The molecule has 3 nitrogen and oxygen atoms in total. The summed E-state index contributed by atoms with van der Waals surface area (Å²) in [5.74, 6) is 0.543. The quantitative estimate of drug-likeness (QED) is 0.780. The van der Waals surface area contributed by atoms with Crippen LogP contribution >= 0.6 is 0 Å². The Labute approximate surface area is 112 Å². The third kappa shape index (κ3) is 2.12. The Morgan fingerprint density at radius 3 is 2.89 bits per heavy atom. The van der Waals surface area contributed by atoms with E-state index in [2.05, 4.69) is 18.0 Å². The van der Waals surface area contributed by atoms with E-state index in [1.54, 1.807) is 18.5 Å². The summed E-state index contributed by atoms with van der Waals surface area (Å²) in [6, 6.07) is 11.8. The number of pyridine rings is 1. The molecule has 0 fully saturated rings. The molecule has 1 amide bonds. The SMILES string of the molecule is CC1CCN(C(=O)c2cccnc2)c2ccccc21. The Balaban J connectivity index is 1.99. The second-order valence-electron chi connectivity index (χ2n) is 4.95. The van der Waals surface area contributed by atoms with Gasteiger partial charge in [0.25, 0.3) is 5.91 Å². The molecule has 0 saturated carbocycles. The van der Waals surface area contributed by atoms with Crippen molar-refractivity contribution in [3.63, 3.8) is 0 Å². The first kappa shape index (κ1) is 11.9. The van der Waals surface area contributed by atoms with Crippen LogP contribution in [0.2, 0.25) is 0 Å². The molecule has 0 N–H and O–H groups in total. The lowest BCUT2D eigenvalue weighted by atomic mass is 9.91. The van der Waals surface area contributed by atoms with Crippen molar-refractivity contribution in [3.8, 4) is 0 Å². The number of aromatic nitrogens is 1. The van der Waals surface area contributed by atoms with E-state index < -0.39 is 0 Å². The molecular weight excluding hydrogens is 236 g/mol. The molecule has 1 atom stereocenters. The van der Waals surface area contributed by atoms with Crippen LogP contribution in [0.25, 0.3) is 0 Å². The molecule has 0 radical (unpaired) electrons. The lowest BCUT2D eigenvalue weighted by Crippen LogP contribution is -2.36. The number of rotatable bonds is 1. The van der Waals surface area contributed by atoms with Gasteiger partial charge < -0.3 is 4.90 Å². The van der Waals surface area contributed by atoms with Crippen LogP contribution in [-0.2, 0) is 0 Å². The number of hydrogen-bond acceptors (Lipinski definition) is 2. The van der Waals surface area contributed by atoms with Crippen molar-refractivity contribution in [3.05, 3.63) is 59.9 Å². The second kappa shape index (κ2) is 4.84. The van der Waals surface area contributed by atoms with Gasteiger partial charge in [0.15, 0.2) is 0 Å². The number of carbonyl (C=O) groups is 1.